The highest BCUT2D eigenvalue weighted by molar-refractivity contribution is 7.03. The Kier molecular flexibility index (Phi) is 6.47. The molecule has 53 heavy (non-hydrogen) atoms. The smallest absolute Gasteiger partial charge is 0.159 e. The van der Waals surface area contributed by atoms with E-state index in [9.17, 15) is 0 Å². The van der Waals surface area contributed by atoms with Gasteiger partial charge in [0, 0.05) is 44.4 Å². The number of rotatable bonds is 4. The second-order valence-electron chi connectivity index (χ2n) is 14.9. The summed E-state index contributed by atoms with van der Waals surface area (Å²) in [5.74, 6) is 0.934. The zero-order valence-electron chi connectivity index (χ0n) is 29.6. The molecule has 9 aromatic rings. The summed E-state index contributed by atoms with van der Waals surface area (Å²) in [7, 11) is -2.08. The van der Waals surface area contributed by atoms with Crippen LogP contribution in [-0.2, 0) is 0 Å². The number of aromatic nitrogens is 3. The van der Waals surface area contributed by atoms with Gasteiger partial charge in [-0.2, -0.15) is 0 Å². The molecule has 2 aliphatic rings. The second-order valence-corrected chi connectivity index (χ2v) is 19.2. The zero-order valence-corrected chi connectivity index (χ0v) is 30.6. The maximum atomic E-state index is 5.48. The van der Waals surface area contributed by atoms with Crippen LogP contribution in [0.1, 0.15) is 22.6 Å². The molecule has 11 rings (SSSR count). The van der Waals surface area contributed by atoms with Crippen molar-refractivity contribution in [1.82, 2.24) is 14.5 Å². The Morgan fingerprint density at radius 2 is 1.25 bits per heavy atom. The zero-order chi connectivity index (χ0) is 35.3. The summed E-state index contributed by atoms with van der Waals surface area (Å²) >= 11 is 0. The van der Waals surface area contributed by atoms with Crippen LogP contribution < -0.4 is 10.5 Å². The van der Waals surface area contributed by atoms with Gasteiger partial charge in [-0.3, -0.25) is 0 Å². The van der Waals surface area contributed by atoms with Crippen molar-refractivity contribution >= 4 is 40.4 Å². The Morgan fingerprint density at radius 1 is 0.547 bits per heavy atom. The summed E-state index contributed by atoms with van der Waals surface area (Å²) in [5, 5.41) is 5.23. The molecule has 0 fully saturated rings. The molecule has 2 aromatic heterocycles. The van der Waals surface area contributed by atoms with E-state index in [1.54, 1.807) is 0 Å². The number of nitrogens with zero attached hydrogens (tertiary/aromatic N) is 3. The predicted molar refractivity (Wildman–Crippen MR) is 222 cm³/mol. The summed E-state index contributed by atoms with van der Waals surface area (Å²) in [6.45, 7) is 4.86. The van der Waals surface area contributed by atoms with Crippen molar-refractivity contribution in [3.63, 3.8) is 0 Å². The Bertz CT molecular complexity index is 2920. The highest BCUT2D eigenvalue weighted by Crippen LogP contribution is 2.52. The molecule has 4 heteroatoms. The average Bonchev–Trinajstić information content (AvgIpc) is 3.81. The van der Waals surface area contributed by atoms with E-state index < -0.39 is 8.07 Å². The lowest BCUT2D eigenvalue weighted by molar-refractivity contribution is 1.03. The van der Waals surface area contributed by atoms with Gasteiger partial charge in [0.05, 0.1) is 16.7 Å². The first-order chi connectivity index (χ1) is 26.1. The van der Waals surface area contributed by atoms with Crippen LogP contribution in [0.3, 0.4) is 0 Å². The number of benzene rings is 7. The molecule has 3 heterocycles. The molecule has 0 saturated carbocycles. The summed E-state index contributed by atoms with van der Waals surface area (Å²) < 4.78 is 2.44. The second kappa shape index (κ2) is 11.3. The Labute approximate surface area is 309 Å². The first-order valence-electron chi connectivity index (χ1n) is 18.5. The molecule has 0 N–H and O–H groups in total. The van der Waals surface area contributed by atoms with Crippen molar-refractivity contribution in [2.75, 3.05) is 0 Å². The van der Waals surface area contributed by atoms with E-state index in [1.165, 1.54) is 71.3 Å². The fraction of sp³-hybridized carbons (Fsp3) is 0.0612. The molecule has 0 saturated heterocycles. The lowest BCUT2D eigenvalue weighted by Gasteiger charge is -2.19. The third kappa shape index (κ3) is 4.33. The molecule has 3 nitrogen and oxygen atoms in total. The number of para-hydroxylation sites is 1. The van der Waals surface area contributed by atoms with Gasteiger partial charge in [0.15, 0.2) is 5.82 Å². The number of fused-ring (bicyclic) bond motifs is 10. The summed E-state index contributed by atoms with van der Waals surface area (Å²) in [5.41, 5.74) is 15.9. The van der Waals surface area contributed by atoms with Crippen LogP contribution in [0.2, 0.25) is 13.1 Å². The minimum atomic E-state index is -2.08. The van der Waals surface area contributed by atoms with Crippen molar-refractivity contribution in [2.24, 2.45) is 0 Å². The van der Waals surface area contributed by atoms with Crippen molar-refractivity contribution in [2.45, 2.75) is 19.0 Å². The summed E-state index contributed by atoms with van der Waals surface area (Å²) in [4.78, 5) is 10.9. The normalized spacial score (nSPS) is 14.9. The molecular formula is C49H35N3Si. The number of hydrogen-bond donors (Lipinski definition) is 0. The third-order valence-electron chi connectivity index (χ3n) is 11.6. The minimum Gasteiger partial charge on any atom is -0.309 e. The van der Waals surface area contributed by atoms with Crippen molar-refractivity contribution in [1.29, 1.82) is 0 Å². The van der Waals surface area contributed by atoms with Crippen LogP contribution in [0.25, 0.3) is 72.4 Å². The van der Waals surface area contributed by atoms with Crippen molar-refractivity contribution in [3.8, 4) is 50.6 Å². The van der Waals surface area contributed by atoms with E-state index in [4.69, 9.17) is 9.97 Å². The monoisotopic (exact) mass is 693 g/mol. The SMILES string of the molecule is C[Si]1(C)c2ccccc2-c2c(-c3ccccc3)nc(-c3cccc(-n4c5ccccc5c5c6c(ccc54)-c4ccccc4C6c4ccccc4)c3)nc21. The molecule has 0 amide bonds. The van der Waals surface area contributed by atoms with Gasteiger partial charge in [0.25, 0.3) is 0 Å². The molecule has 1 unspecified atom stereocenters. The van der Waals surface area contributed by atoms with Crippen LogP contribution in [0.4, 0.5) is 0 Å². The molecule has 1 atom stereocenters. The largest absolute Gasteiger partial charge is 0.309 e. The lowest BCUT2D eigenvalue weighted by Crippen LogP contribution is -2.50. The maximum Gasteiger partial charge on any atom is 0.159 e. The van der Waals surface area contributed by atoms with E-state index in [2.05, 4.69) is 188 Å². The Hall–Kier alpha value is -6.36. The van der Waals surface area contributed by atoms with Crippen LogP contribution in [-0.4, -0.2) is 22.6 Å². The molecule has 7 aromatic carbocycles. The van der Waals surface area contributed by atoms with Crippen LogP contribution in [0.5, 0.6) is 0 Å². The van der Waals surface area contributed by atoms with Gasteiger partial charge in [-0.15, -0.1) is 0 Å². The minimum absolute atomic E-state index is 0.157. The van der Waals surface area contributed by atoms with Gasteiger partial charge in [-0.05, 0) is 62.8 Å². The molecular weight excluding hydrogens is 659 g/mol. The lowest BCUT2D eigenvalue weighted by atomic mass is 9.87. The fourth-order valence-electron chi connectivity index (χ4n) is 9.30. The number of hydrogen-bond acceptors (Lipinski definition) is 2. The van der Waals surface area contributed by atoms with Crippen LogP contribution >= 0.6 is 0 Å². The summed E-state index contributed by atoms with van der Waals surface area (Å²) in [6, 6.07) is 61.9. The highest BCUT2D eigenvalue weighted by atomic mass is 28.3. The maximum absolute atomic E-state index is 5.48. The molecule has 0 spiro atoms. The molecule has 1 aliphatic heterocycles. The molecule has 0 bridgehead atoms. The average molecular weight is 694 g/mol. The van der Waals surface area contributed by atoms with Crippen molar-refractivity contribution < 1.29 is 0 Å². The third-order valence-corrected chi connectivity index (χ3v) is 15.0. The predicted octanol–water partition coefficient (Wildman–Crippen LogP) is 10.9. The van der Waals surface area contributed by atoms with Crippen molar-refractivity contribution in [3.05, 3.63) is 187 Å². The van der Waals surface area contributed by atoms with E-state index in [0.29, 0.717) is 0 Å². The van der Waals surface area contributed by atoms with Crippen LogP contribution in [0.15, 0.2) is 170 Å². The van der Waals surface area contributed by atoms with E-state index >= 15 is 0 Å². The summed E-state index contributed by atoms with van der Waals surface area (Å²) in [6.07, 6.45) is 0. The fourth-order valence-corrected chi connectivity index (χ4v) is 12.2. The van der Waals surface area contributed by atoms with E-state index in [1.807, 2.05) is 0 Å². The molecule has 0 radical (unpaired) electrons. The van der Waals surface area contributed by atoms with Gasteiger partial charge >= 0.3 is 0 Å². The van der Waals surface area contributed by atoms with Gasteiger partial charge in [0.1, 0.15) is 8.07 Å². The first-order valence-corrected chi connectivity index (χ1v) is 21.5. The van der Waals surface area contributed by atoms with Gasteiger partial charge in [-0.25, -0.2) is 9.97 Å². The topological polar surface area (TPSA) is 30.7 Å². The molecule has 1 aliphatic carbocycles. The highest BCUT2D eigenvalue weighted by Gasteiger charge is 2.41. The first kappa shape index (κ1) is 30.3. The van der Waals surface area contributed by atoms with E-state index in [-0.39, 0.29) is 5.92 Å². The van der Waals surface area contributed by atoms with Gasteiger partial charge < -0.3 is 4.57 Å². The quantitative estimate of drug-likeness (QED) is 0.172. The van der Waals surface area contributed by atoms with Gasteiger partial charge in [0.2, 0.25) is 0 Å². The molecule has 250 valence electrons. The Morgan fingerprint density at radius 3 is 2.09 bits per heavy atom. The van der Waals surface area contributed by atoms with E-state index in [0.717, 1.165) is 28.3 Å². The Balaban J connectivity index is 1.14. The van der Waals surface area contributed by atoms with Crippen LogP contribution in [0, 0.1) is 0 Å². The van der Waals surface area contributed by atoms with Gasteiger partial charge in [-0.1, -0.05) is 159 Å². The standard InChI is InChI=1S/C49H35N3Si/c1-53(2)42-27-14-12-25-39(42)46-47(32-18-7-4-8-19-32)50-48(51-49(46)53)33-20-15-21-34(30-33)52-40-26-13-11-24-38(40)44-41(52)29-28-37-35-22-9-10-23-36(35)43(45(37)44)31-16-5-3-6-17-31/h3-30,43H,1-2H3.